The molecule has 0 radical (unpaired) electrons. The summed E-state index contributed by atoms with van der Waals surface area (Å²) in [4.78, 5) is 0. The second kappa shape index (κ2) is 11.4. The smallest absolute Gasteiger partial charge is 0.262 e. The standard InChI is InChI=1S/C27H35NO2Si/c1-27(2,3)31(25-16-9-5-10-17-25,26-18-11-6-12-19-26)30-23-28-20-13-21-29-22-24-14-7-4-8-15-24/h4-12,14-19,28H,13,20-23H2,1-3H3. The SMILES string of the molecule is CC(C)(C)[Si](OCNCCCOCc1ccccc1)(c1ccccc1)c1ccccc1. The molecule has 0 atom stereocenters. The maximum absolute atomic E-state index is 6.83. The van der Waals surface area contributed by atoms with Crippen LogP contribution in [0.5, 0.6) is 0 Å². The van der Waals surface area contributed by atoms with E-state index in [1.54, 1.807) is 0 Å². The summed E-state index contributed by atoms with van der Waals surface area (Å²) in [6.07, 6.45) is 0.955. The Morgan fingerprint density at radius 3 is 1.77 bits per heavy atom. The fourth-order valence-electron chi connectivity index (χ4n) is 4.06. The molecule has 0 heterocycles. The number of rotatable bonds is 11. The summed E-state index contributed by atoms with van der Waals surface area (Å²) < 4.78 is 12.6. The average molecular weight is 434 g/mol. The molecule has 0 bridgehead atoms. The van der Waals surface area contributed by atoms with E-state index >= 15 is 0 Å². The molecule has 0 saturated carbocycles. The average Bonchev–Trinajstić information content (AvgIpc) is 2.79. The van der Waals surface area contributed by atoms with Gasteiger partial charge in [-0.15, -0.1) is 0 Å². The topological polar surface area (TPSA) is 30.5 Å². The van der Waals surface area contributed by atoms with Gasteiger partial charge in [0.05, 0.1) is 13.3 Å². The first-order valence-corrected chi connectivity index (χ1v) is 13.0. The molecule has 1 N–H and O–H groups in total. The molecular weight excluding hydrogens is 398 g/mol. The summed E-state index contributed by atoms with van der Waals surface area (Å²) in [6.45, 7) is 9.71. The Hall–Kier alpha value is -2.24. The van der Waals surface area contributed by atoms with E-state index in [0.29, 0.717) is 13.3 Å². The van der Waals surface area contributed by atoms with Crippen LogP contribution >= 0.6 is 0 Å². The highest BCUT2D eigenvalue weighted by atomic mass is 28.4. The van der Waals surface area contributed by atoms with Crippen molar-refractivity contribution < 1.29 is 9.16 Å². The van der Waals surface area contributed by atoms with Gasteiger partial charge in [-0.2, -0.15) is 0 Å². The third-order valence-electron chi connectivity index (χ3n) is 5.56. The van der Waals surface area contributed by atoms with Crippen molar-refractivity contribution in [1.29, 1.82) is 0 Å². The molecule has 3 nitrogen and oxygen atoms in total. The summed E-state index contributed by atoms with van der Waals surface area (Å²) in [5, 5.41) is 6.09. The number of nitrogens with one attached hydrogen (secondary N) is 1. The van der Waals surface area contributed by atoms with Gasteiger partial charge in [-0.05, 0) is 33.9 Å². The van der Waals surface area contributed by atoms with E-state index in [1.165, 1.54) is 15.9 Å². The molecule has 0 amide bonds. The minimum absolute atomic E-state index is 0.00379. The Labute approximate surface area is 188 Å². The van der Waals surface area contributed by atoms with E-state index in [1.807, 2.05) is 18.2 Å². The van der Waals surface area contributed by atoms with Gasteiger partial charge >= 0.3 is 0 Å². The highest BCUT2D eigenvalue weighted by Gasteiger charge is 2.50. The lowest BCUT2D eigenvalue weighted by Gasteiger charge is -2.43. The molecule has 0 aliphatic rings. The van der Waals surface area contributed by atoms with Crippen LogP contribution in [0.1, 0.15) is 32.8 Å². The summed E-state index contributed by atoms with van der Waals surface area (Å²) >= 11 is 0. The molecule has 3 aromatic carbocycles. The minimum atomic E-state index is -2.46. The van der Waals surface area contributed by atoms with Crippen LogP contribution in [0, 0.1) is 0 Å². The molecule has 3 rings (SSSR count). The lowest BCUT2D eigenvalue weighted by Crippen LogP contribution is -2.67. The Morgan fingerprint density at radius 1 is 0.742 bits per heavy atom. The summed E-state index contributed by atoms with van der Waals surface area (Å²) in [6, 6.07) is 31.8. The van der Waals surface area contributed by atoms with Crippen LogP contribution in [0.25, 0.3) is 0 Å². The fraction of sp³-hybridized carbons (Fsp3) is 0.333. The zero-order valence-corrected chi connectivity index (χ0v) is 20.0. The summed E-state index contributed by atoms with van der Waals surface area (Å²) in [5.41, 5.74) is 1.21. The second-order valence-corrected chi connectivity index (χ2v) is 13.1. The molecule has 164 valence electrons. The van der Waals surface area contributed by atoms with Crippen LogP contribution < -0.4 is 15.7 Å². The van der Waals surface area contributed by atoms with Gasteiger partial charge in [0.25, 0.3) is 8.32 Å². The molecule has 31 heavy (non-hydrogen) atoms. The molecule has 4 heteroatoms. The maximum Gasteiger partial charge on any atom is 0.262 e. The van der Waals surface area contributed by atoms with Gasteiger partial charge < -0.3 is 9.16 Å². The lowest BCUT2D eigenvalue weighted by atomic mass is 10.2. The summed E-state index contributed by atoms with van der Waals surface area (Å²) in [5.74, 6) is 0. The van der Waals surface area contributed by atoms with Gasteiger partial charge in [0, 0.05) is 6.61 Å². The van der Waals surface area contributed by atoms with Crippen molar-refractivity contribution in [2.75, 3.05) is 19.9 Å². The third-order valence-corrected chi connectivity index (χ3v) is 10.5. The Kier molecular flexibility index (Phi) is 8.61. The van der Waals surface area contributed by atoms with Gasteiger partial charge in [0.15, 0.2) is 0 Å². The van der Waals surface area contributed by atoms with Gasteiger partial charge in [-0.1, -0.05) is 112 Å². The number of hydrogen-bond donors (Lipinski definition) is 1. The molecule has 0 spiro atoms. The molecule has 0 aliphatic heterocycles. The van der Waals surface area contributed by atoms with Crippen LogP contribution in [0.3, 0.4) is 0 Å². The number of ether oxygens (including phenoxy) is 1. The Balaban J connectivity index is 1.58. The highest BCUT2D eigenvalue weighted by Crippen LogP contribution is 2.36. The van der Waals surface area contributed by atoms with Crippen LogP contribution in [-0.4, -0.2) is 28.2 Å². The minimum Gasteiger partial charge on any atom is -0.395 e. The highest BCUT2D eigenvalue weighted by molar-refractivity contribution is 6.99. The maximum atomic E-state index is 6.83. The molecule has 0 unspecified atom stereocenters. The first-order chi connectivity index (χ1) is 15.0. The quantitative estimate of drug-likeness (QED) is 0.270. The van der Waals surface area contributed by atoms with E-state index in [2.05, 4.69) is 98.9 Å². The van der Waals surface area contributed by atoms with E-state index in [0.717, 1.165) is 19.6 Å². The first kappa shape index (κ1) is 23.4. The number of hydrogen-bond acceptors (Lipinski definition) is 3. The van der Waals surface area contributed by atoms with Crippen molar-refractivity contribution in [3.8, 4) is 0 Å². The molecule has 0 aliphatic carbocycles. The van der Waals surface area contributed by atoms with Crippen LogP contribution in [0.4, 0.5) is 0 Å². The predicted molar refractivity (Wildman–Crippen MR) is 132 cm³/mol. The van der Waals surface area contributed by atoms with Gasteiger partial charge in [0.1, 0.15) is 0 Å². The number of benzene rings is 3. The fourth-order valence-corrected chi connectivity index (χ4v) is 8.53. The van der Waals surface area contributed by atoms with Crippen LogP contribution in [0.15, 0.2) is 91.0 Å². The van der Waals surface area contributed by atoms with E-state index in [9.17, 15) is 0 Å². The third kappa shape index (κ3) is 6.14. The zero-order chi connectivity index (χ0) is 22.0. The van der Waals surface area contributed by atoms with Crippen LogP contribution in [-0.2, 0) is 15.8 Å². The predicted octanol–water partition coefficient (Wildman–Crippen LogP) is 4.72. The van der Waals surface area contributed by atoms with Crippen molar-refractivity contribution in [3.63, 3.8) is 0 Å². The largest absolute Gasteiger partial charge is 0.395 e. The molecule has 0 fully saturated rings. The van der Waals surface area contributed by atoms with Crippen molar-refractivity contribution >= 4 is 18.7 Å². The van der Waals surface area contributed by atoms with Crippen molar-refractivity contribution in [2.24, 2.45) is 0 Å². The van der Waals surface area contributed by atoms with E-state index in [-0.39, 0.29) is 5.04 Å². The molecule has 3 aromatic rings. The molecule has 0 saturated heterocycles. The van der Waals surface area contributed by atoms with Gasteiger partial charge in [0.2, 0.25) is 0 Å². The monoisotopic (exact) mass is 433 g/mol. The first-order valence-electron chi connectivity index (χ1n) is 11.1. The van der Waals surface area contributed by atoms with E-state index in [4.69, 9.17) is 9.16 Å². The van der Waals surface area contributed by atoms with Crippen molar-refractivity contribution in [2.45, 2.75) is 38.8 Å². The lowest BCUT2D eigenvalue weighted by molar-refractivity contribution is 0.117. The Morgan fingerprint density at radius 2 is 1.26 bits per heavy atom. The zero-order valence-electron chi connectivity index (χ0n) is 19.0. The van der Waals surface area contributed by atoms with Crippen molar-refractivity contribution in [1.82, 2.24) is 5.32 Å². The van der Waals surface area contributed by atoms with E-state index < -0.39 is 8.32 Å². The molecular formula is C27H35NO2Si. The second-order valence-electron chi connectivity index (χ2n) is 8.84. The summed E-state index contributed by atoms with van der Waals surface area (Å²) in [7, 11) is -2.46. The van der Waals surface area contributed by atoms with Crippen LogP contribution in [0.2, 0.25) is 5.04 Å². The Bertz CT molecular complexity index is 840. The van der Waals surface area contributed by atoms with Gasteiger partial charge in [-0.3, -0.25) is 5.32 Å². The molecule has 0 aromatic heterocycles. The normalized spacial score (nSPS) is 12.1. The van der Waals surface area contributed by atoms with Crippen molar-refractivity contribution in [3.05, 3.63) is 96.6 Å². The van der Waals surface area contributed by atoms with Gasteiger partial charge in [-0.25, -0.2) is 0 Å².